The molecular weight excluding hydrogens is 186 g/mol. The quantitative estimate of drug-likeness (QED) is 0.720. The van der Waals surface area contributed by atoms with Crippen molar-refractivity contribution in [3.63, 3.8) is 0 Å². The van der Waals surface area contributed by atoms with Crippen LogP contribution in [0.15, 0.2) is 4.99 Å². The average molecular weight is 207 g/mol. The van der Waals surface area contributed by atoms with Crippen LogP contribution in [0.1, 0.15) is 39.0 Å². The van der Waals surface area contributed by atoms with E-state index in [2.05, 4.69) is 22.5 Å². The predicted molar refractivity (Wildman–Crippen MR) is 61.9 cm³/mol. The SMILES string of the molecule is CC1CN=C(NCC23CCC(CC2)C3)N1. The fraction of sp³-hybridized carbons (Fsp3) is 0.917. The van der Waals surface area contributed by atoms with Gasteiger partial charge in [0.05, 0.1) is 6.54 Å². The van der Waals surface area contributed by atoms with Gasteiger partial charge >= 0.3 is 0 Å². The highest BCUT2D eigenvalue weighted by atomic mass is 15.2. The number of hydrogen-bond donors (Lipinski definition) is 2. The second-order valence-electron chi connectivity index (χ2n) is 5.74. The van der Waals surface area contributed by atoms with E-state index in [9.17, 15) is 0 Å². The summed E-state index contributed by atoms with van der Waals surface area (Å²) in [6, 6.07) is 0.518. The topological polar surface area (TPSA) is 36.4 Å². The Morgan fingerprint density at radius 1 is 1.47 bits per heavy atom. The third-order valence-electron chi connectivity index (χ3n) is 4.42. The maximum atomic E-state index is 4.45. The molecule has 3 heteroatoms. The van der Waals surface area contributed by atoms with E-state index in [4.69, 9.17) is 0 Å². The lowest BCUT2D eigenvalue weighted by molar-refractivity contribution is 0.294. The van der Waals surface area contributed by atoms with Crippen molar-refractivity contribution in [3.8, 4) is 0 Å². The molecule has 2 aliphatic carbocycles. The minimum Gasteiger partial charge on any atom is -0.356 e. The van der Waals surface area contributed by atoms with Crippen molar-refractivity contribution < 1.29 is 0 Å². The molecule has 2 fully saturated rings. The number of nitrogens with one attached hydrogen (secondary N) is 2. The molecule has 2 bridgehead atoms. The standard InChI is InChI=1S/C12H21N3/c1-9-7-13-11(15-9)14-8-12-4-2-10(6-12)3-5-12/h9-10H,2-8H2,1H3,(H2,13,14,15). The second-order valence-corrected chi connectivity index (χ2v) is 5.74. The molecule has 0 saturated heterocycles. The average Bonchev–Trinajstić information content (AvgIpc) is 2.90. The summed E-state index contributed by atoms with van der Waals surface area (Å²) in [4.78, 5) is 4.45. The third kappa shape index (κ3) is 1.72. The highest BCUT2D eigenvalue weighted by molar-refractivity contribution is 5.81. The molecule has 2 N–H and O–H groups in total. The van der Waals surface area contributed by atoms with Crippen molar-refractivity contribution in [2.24, 2.45) is 16.3 Å². The predicted octanol–water partition coefficient (Wildman–Crippen LogP) is 1.50. The molecule has 3 rings (SSSR count). The van der Waals surface area contributed by atoms with Crippen LogP contribution >= 0.6 is 0 Å². The molecule has 84 valence electrons. The highest BCUT2D eigenvalue weighted by Crippen LogP contribution is 2.53. The molecule has 3 aliphatic rings. The Bertz CT molecular complexity index is 277. The van der Waals surface area contributed by atoms with Gasteiger partial charge in [0.1, 0.15) is 0 Å². The van der Waals surface area contributed by atoms with E-state index in [-0.39, 0.29) is 0 Å². The van der Waals surface area contributed by atoms with Gasteiger partial charge in [-0.3, -0.25) is 4.99 Å². The van der Waals surface area contributed by atoms with Gasteiger partial charge in [0.2, 0.25) is 0 Å². The Morgan fingerprint density at radius 2 is 2.27 bits per heavy atom. The van der Waals surface area contributed by atoms with E-state index in [0.717, 1.165) is 25.0 Å². The van der Waals surface area contributed by atoms with Crippen LogP contribution in [0, 0.1) is 11.3 Å². The molecule has 0 amide bonds. The fourth-order valence-corrected chi connectivity index (χ4v) is 3.49. The van der Waals surface area contributed by atoms with Gasteiger partial charge in [0.15, 0.2) is 5.96 Å². The zero-order chi connectivity index (χ0) is 10.3. The van der Waals surface area contributed by atoms with Crippen molar-refractivity contribution in [2.45, 2.75) is 45.1 Å². The first-order valence-electron chi connectivity index (χ1n) is 6.31. The fourth-order valence-electron chi connectivity index (χ4n) is 3.49. The minimum atomic E-state index is 0.518. The van der Waals surface area contributed by atoms with Gasteiger partial charge in [-0.25, -0.2) is 0 Å². The van der Waals surface area contributed by atoms with E-state index >= 15 is 0 Å². The zero-order valence-electron chi connectivity index (χ0n) is 9.55. The van der Waals surface area contributed by atoms with Crippen molar-refractivity contribution >= 4 is 5.96 Å². The van der Waals surface area contributed by atoms with Crippen LogP contribution in [0.5, 0.6) is 0 Å². The smallest absolute Gasteiger partial charge is 0.191 e. The maximum absolute atomic E-state index is 4.45. The number of nitrogens with zero attached hydrogens (tertiary/aromatic N) is 1. The highest BCUT2D eigenvalue weighted by Gasteiger charge is 2.44. The molecule has 1 heterocycles. The van der Waals surface area contributed by atoms with E-state index in [0.29, 0.717) is 11.5 Å². The summed E-state index contributed by atoms with van der Waals surface area (Å²) in [5.41, 5.74) is 0.626. The van der Waals surface area contributed by atoms with Crippen molar-refractivity contribution in [1.29, 1.82) is 0 Å². The van der Waals surface area contributed by atoms with Gasteiger partial charge < -0.3 is 10.6 Å². The number of guanidine groups is 1. The maximum Gasteiger partial charge on any atom is 0.191 e. The molecule has 1 unspecified atom stereocenters. The van der Waals surface area contributed by atoms with Crippen LogP contribution in [0.4, 0.5) is 0 Å². The normalized spacial score (nSPS) is 42.9. The molecule has 1 aliphatic heterocycles. The summed E-state index contributed by atoms with van der Waals surface area (Å²) in [6.07, 6.45) is 7.28. The molecule has 0 aromatic heterocycles. The van der Waals surface area contributed by atoms with Crippen LogP contribution < -0.4 is 10.6 Å². The Hall–Kier alpha value is -0.730. The first kappa shape index (κ1) is 9.49. The van der Waals surface area contributed by atoms with Crippen LogP contribution in [0.3, 0.4) is 0 Å². The van der Waals surface area contributed by atoms with Crippen LogP contribution in [0.2, 0.25) is 0 Å². The van der Waals surface area contributed by atoms with Crippen molar-refractivity contribution in [2.75, 3.05) is 13.1 Å². The summed E-state index contributed by atoms with van der Waals surface area (Å²) >= 11 is 0. The van der Waals surface area contributed by atoms with Gasteiger partial charge in [0, 0.05) is 12.6 Å². The van der Waals surface area contributed by atoms with Crippen LogP contribution in [-0.2, 0) is 0 Å². The van der Waals surface area contributed by atoms with Gasteiger partial charge in [-0.15, -0.1) is 0 Å². The second kappa shape index (κ2) is 3.39. The molecular formula is C12H21N3. The minimum absolute atomic E-state index is 0.518. The lowest BCUT2D eigenvalue weighted by Gasteiger charge is -2.27. The summed E-state index contributed by atoms with van der Waals surface area (Å²) in [7, 11) is 0. The molecule has 0 aromatic carbocycles. The lowest BCUT2D eigenvalue weighted by Crippen LogP contribution is -2.42. The van der Waals surface area contributed by atoms with Crippen LogP contribution in [0.25, 0.3) is 0 Å². The van der Waals surface area contributed by atoms with Gasteiger partial charge in [-0.05, 0) is 50.4 Å². The molecule has 3 nitrogen and oxygen atoms in total. The largest absolute Gasteiger partial charge is 0.356 e. The number of rotatable bonds is 2. The van der Waals surface area contributed by atoms with E-state index in [1.165, 1.54) is 32.1 Å². The van der Waals surface area contributed by atoms with Gasteiger partial charge in [-0.1, -0.05) is 0 Å². The molecule has 1 atom stereocenters. The Balaban J connectivity index is 1.54. The lowest BCUT2D eigenvalue weighted by atomic mass is 9.84. The Morgan fingerprint density at radius 3 is 2.80 bits per heavy atom. The third-order valence-corrected chi connectivity index (χ3v) is 4.42. The zero-order valence-corrected chi connectivity index (χ0v) is 9.55. The molecule has 0 spiro atoms. The summed E-state index contributed by atoms with van der Waals surface area (Å²) in [5.74, 6) is 2.08. The summed E-state index contributed by atoms with van der Waals surface area (Å²) in [6.45, 7) is 4.25. The van der Waals surface area contributed by atoms with E-state index in [1.54, 1.807) is 0 Å². The Labute approximate surface area is 91.7 Å². The monoisotopic (exact) mass is 207 g/mol. The first-order chi connectivity index (χ1) is 7.26. The first-order valence-corrected chi connectivity index (χ1v) is 6.31. The van der Waals surface area contributed by atoms with E-state index in [1.807, 2.05) is 0 Å². The van der Waals surface area contributed by atoms with Gasteiger partial charge in [0.25, 0.3) is 0 Å². The molecule has 0 aromatic rings. The number of aliphatic imine (C=N–C) groups is 1. The number of fused-ring (bicyclic) bond motifs is 2. The molecule has 15 heavy (non-hydrogen) atoms. The Kier molecular flexibility index (Phi) is 2.15. The molecule has 2 saturated carbocycles. The van der Waals surface area contributed by atoms with Gasteiger partial charge in [-0.2, -0.15) is 0 Å². The molecule has 0 radical (unpaired) electrons. The summed E-state index contributed by atoms with van der Waals surface area (Å²) in [5, 5.41) is 6.88. The van der Waals surface area contributed by atoms with Crippen LogP contribution in [-0.4, -0.2) is 25.1 Å². The number of hydrogen-bond acceptors (Lipinski definition) is 3. The summed E-state index contributed by atoms with van der Waals surface area (Å²) < 4.78 is 0. The van der Waals surface area contributed by atoms with Crippen molar-refractivity contribution in [1.82, 2.24) is 10.6 Å². The van der Waals surface area contributed by atoms with Crippen molar-refractivity contribution in [3.05, 3.63) is 0 Å². The van der Waals surface area contributed by atoms with E-state index < -0.39 is 0 Å².